The van der Waals surface area contributed by atoms with E-state index in [1.807, 2.05) is 6.92 Å². The minimum absolute atomic E-state index is 0.180. The van der Waals surface area contributed by atoms with Gasteiger partial charge in [-0.2, -0.15) is 0 Å². The molecule has 0 atom stereocenters. The molecule has 0 bridgehead atoms. The number of aromatic nitrogens is 2. The monoisotopic (exact) mass is 387 g/mol. The molecule has 140 valence electrons. The molecule has 0 saturated heterocycles. The van der Waals surface area contributed by atoms with Gasteiger partial charge in [0.15, 0.2) is 0 Å². The highest BCUT2D eigenvalue weighted by atomic mass is 32.1. The second kappa shape index (κ2) is 7.71. The third kappa shape index (κ3) is 3.75. The number of halogens is 1. The Morgan fingerprint density at radius 2 is 1.96 bits per heavy atom. The minimum Gasteiger partial charge on any atom is -0.347 e. The SMILES string of the molecule is CC=CCn1c(=O)c(C)c2sc(C(=O)NCc3ccc(F)cc3)cn2c1=O. The van der Waals surface area contributed by atoms with Gasteiger partial charge in [-0.1, -0.05) is 24.3 Å². The van der Waals surface area contributed by atoms with E-state index >= 15 is 0 Å². The first-order chi connectivity index (χ1) is 12.9. The zero-order chi connectivity index (χ0) is 19.6. The number of hydrogen-bond acceptors (Lipinski definition) is 4. The molecule has 2 heterocycles. The lowest BCUT2D eigenvalue weighted by molar-refractivity contribution is 0.0954. The lowest BCUT2D eigenvalue weighted by atomic mass is 10.2. The quantitative estimate of drug-likeness (QED) is 0.684. The van der Waals surface area contributed by atoms with Gasteiger partial charge in [-0.05, 0) is 31.5 Å². The molecule has 0 spiro atoms. The van der Waals surface area contributed by atoms with E-state index < -0.39 is 5.69 Å². The molecule has 3 rings (SSSR count). The van der Waals surface area contributed by atoms with Gasteiger partial charge in [0.25, 0.3) is 11.5 Å². The number of hydrogen-bond donors (Lipinski definition) is 1. The second-order valence-electron chi connectivity index (χ2n) is 5.97. The van der Waals surface area contributed by atoms with Crippen LogP contribution in [-0.2, 0) is 13.1 Å². The van der Waals surface area contributed by atoms with E-state index in [1.54, 1.807) is 31.2 Å². The second-order valence-corrected chi connectivity index (χ2v) is 7.00. The number of aryl methyl sites for hydroxylation is 1. The Kier molecular flexibility index (Phi) is 5.36. The van der Waals surface area contributed by atoms with Crippen LogP contribution in [0.15, 0.2) is 52.2 Å². The van der Waals surface area contributed by atoms with Crippen LogP contribution in [0, 0.1) is 12.7 Å². The number of nitrogens with one attached hydrogen (secondary N) is 1. The van der Waals surface area contributed by atoms with Gasteiger partial charge in [-0.15, -0.1) is 11.3 Å². The van der Waals surface area contributed by atoms with Crippen molar-refractivity contribution in [2.75, 3.05) is 0 Å². The van der Waals surface area contributed by atoms with Crippen LogP contribution < -0.4 is 16.6 Å². The van der Waals surface area contributed by atoms with Gasteiger partial charge in [0.05, 0.1) is 0 Å². The molecule has 6 nitrogen and oxygen atoms in total. The maximum Gasteiger partial charge on any atom is 0.336 e. The summed E-state index contributed by atoms with van der Waals surface area (Å²) in [5, 5.41) is 2.74. The molecule has 1 aromatic carbocycles. The summed E-state index contributed by atoms with van der Waals surface area (Å²) in [5.41, 5.74) is 0.331. The summed E-state index contributed by atoms with van der Waals surface area (Å²) in [7, 11) is 0. The topological polar surface area (TPSA) is 72.6 Å². The van der Waals surface area contributed by atoms with Gasteiger partial charge in [-0.3, -0.25) is 18.6 Å². The number of fused-ring (bicyclic) bond motifs is 1. The highest BCUT2D eigenvalue weighted by molar-refractivity contribution is 7.19. The van der Waals surface area contributed by atoms with Gasteiger partial charge >= 0.3 is 5.69 Å². The van der Waals surface area contributed by atoms with E-state index in [4.69, 9.17) is 0 Å². The first-order valence-electron chi connectivity index (χ1n) is 8.31. The van der Waals surface area contributed by atoms with Crippen LogP contribution in [0.25, 0.3) is 4.83 Å². The normalized spacial score (nSPS) is 11.4. The zero-order valence-corrected chi connectivity index (χ0v) is 15.7. The van der Waals surface area contributed by atoms with Crippen molar-refractivity contribution in [1.29, 1.82) is 0 Å². The number of allylic oxidation sites excluding steroid dienone is 2. The van der Waals surface area contributed by atoms with Crippen LogP contribution in [0.2, 0.25) is 0 Å². The van der Waals surface area contributed by atoms with Crippen molar-refractivity contribution in [2.45, 2.75) is 26.9 Å². The number of rotatable bonds is 5. The fourth-order valence-corrected chi connectivity index (χ4v) is 3.62. The van der Waals surface area contributed by atoms with Crippen LogP contribution in [-0.4, -0.2) is 14.9 Å². The van der Waals surface area contributed by atoms with E-state index in [9.17, 15) is 18.8 Å². The van der Waals surface area contributed by atoms with Gasteiger partial charge < -0.3 is 5.32 Å². The van der Waals surface area contributed by atoms with Crippen LogP contribution >= 0.6 is 11.3 Å². The Hall–Kier alpha value is -3.00. The first kappa shape index (κ1) is 18.8. The predicted molar refractivity (Wildman–Crippen MR) is 103 cm³/mol. The van der Waals surface area contributed by atoms with Crippen molar-refractivity contribution < 1.29 is 9.18 Å². The van der Waals surface area contributed by atoms with E-state index in [0.717, 1.165) is 21.5 Å². The Morgan fingerprint density at radius 3 is 2.63 bits per heavy atom. The lowest BCUT2D eigenvalue weighted by Gasteiger charge is -2.04. The third-order valence-electron chi connectivity index (χ3n) is 4.11. The number of thiazole rings is 1. The standard InChI is InChI=1S/C19H18FN3O3S/c1-3-4-9-22-17(25)12(2)18-23(19(22)26)11-15(27-18)16(24)21-10-13-5-7-14(20)8-6-13/h3-8,11H,9-10H2,1-2H3,(H,21,24). The average molecular weight is 387 g/mol. The molecule has 0 fully saturated rings. The summed E-state index contributed by atoms with van der Waals surface area (Å²) in [6.45, 7) is 3.86. The van der Waals surface area contributed by atoms with E-state index in [0.29, 0.717) is 15.3 Å². The summed E-state index contributed by atoms with van der Waals surface area (Å²) in [5.74, 6) is -0.705. The molecule has 0 aliphatic carbocycles. The van der Waals surface area contributed by atoms with Gasteiger partial charge in [0, 0.05) is 24.8 Å². The molecule has 1 N–H and O–H groups in total. The molecular formula is C19H18FN3O3S. The summed E-state index contributed by atoms with van der Waals surface area (Å²) in [4.78, 5) is 38.2. The molecule has 0 radical (unpaired) electrons. The zero-order valence-electron chi connectivity index (χ0n) is 14.9. The number of benzene rings is 1. The van der Waals surface area contributed by atoms with Crippen molar-refractivity contribution >= 4 is 22.1 Å². The Bertz CT molecular complexity index is 1140. The van der Waals surface area contributed by atoms with Crippen LogP contribution in [0.3, 0.4) is 0 Å². The fraction of sp³-hybridized carbons (Fsp3) is 0.211. The number of carbonyl (C=O) groups is 1. The van der Waals surface area contributed by atoms with Crippen molar-refractivity contribution in [3.8, 4) is 0 Å². The molecule has 0 unspecified atom stereocenters. The van der Waals surface area contributed by atoms with Crippen molar-refractivity contribution in [3.05, 3.63) is 85.3 Å². The summed E-state index contributed by atoms with van der Waals surface area (Å²) < 4.78 is 15.4. The maximum absolute atomic E-state index is 12.9. The molecule has 0 aliphatic heterocycles. The number of carbonyl (C=O) groups excluding carboxylic acids is 1. The molecule has 1 amide bonds. The van der Waals surface area contributed by atoms with Crippen molar-refractivity contribution in [2.24, 2.45) is 0 Å². The molecule has 27 heavy (non-hydrogen) atoms. The summed E-state index contributed by atoms with van der Waals surface area (Å²) >= 11 is 1.09. The number of nitrogens with zero attached hydrogens (tertiary/aromatic N) is 2. The lowest BCUT2D eigenvalue weighted by Crippen LogP contribution is -2.37. The Morgan fingerprint density at radius 1 is 1.26 bits per heavy atom. The van der Waals surface area contributed by atoms with E-state index in [-0.39, 0.29) is 30.4 Å². The predicted octanol–water partition coefficient (Wildman–Crippen LogP) is 2.48. The van der Waals surface area contributed by atoms with E-state index in [1.165, 1.54) is 22.7 Å². The Balaban J connectivity index is 1.91. The van der Waals surface area contributed by atoms with Crippen LogP contribution in [0.1, 0.15) is 27.7 Å². The highest BCUT2D eigenvalue weighted by Crippen LogP contribution is 2.18. The minimum atomic E-state index is -0.479. The summed E-state index contributed by atoms with van der Waals surface area (Å²) in [6, 6.07) is 5.82. The number of amides is 1. The largest absolute Gasteiger partial charge is 0.347 e. The van der Waals surface area contributed by atoms with Crippen molar-refractivity contribution in [1.82, 2.24) is 14.3 Å². The van der Waals surface area contributed by atoms with Crippen molar-refractivity contribution in [3.63, 3.8) is 0 Å². The van der Waals surface area contributed by atoms with Gasteiger partial charge in [0.2, 0.25) is 0 Å². The van der Waals surface area contributed by atoms with E-state index in [2.05, 4.69) is 5.32 Å². The molecular weight excluding hydrogens is 369 g/mol. The molecule has 0 aliphatic rings. The van der Waals surface area contributed by atoms with Crippen LogP contribution in [0.5, 0.6) is 0 Å². The van der Waals surface area contributed by atoms with Gasteiger partial charge in [0.1, 0.15) is 15.5 Å². The fourth-order valence-electron chi connectivity index (χ4n) is 2.61. The first-order valence-corrected chi connectivity index (χ1v) is 9.13. The highest BCUT2D eigenvalue weighted by Gasteiger charge is 2.17. The van der Waals surface area contributed by atoms with Crippen LogP contribution in [0.4, 0.5) is 4.39 Å². The summed E-state index contributed by atoms with van der Waals surface area (Å²) in [6.07, 6.45) is 4.93. The third-order valence-corrected chi connectivity index (χ3v) is 5.32. The average Bonchev–Trinajstić information content (AvgIpc) is 3.11. The maximum atomic E-state index is 12.9. The smallest absolute Gasteiger partial charge is 0.336 e. The molecule has 2 aromatic heterocycles. The van der Waals surface area contributed by atoms with Gasteiger partial charge in [-0.25, -0.2) is 9.18 Å². The Labute approximate surface area is 158 Å². The molecule has 3 aromatic rings. The molecule has 8 heteroatoms. The molecule has 0 saturated carbocycles.